The summed E-state index contributed by atoms with van der Waals surface area (Å²) >= 11 is 0. The molecule has 1 atom stereocenters. The molecular weight excluding hydrogens is 393 g/mol. The van der Waals surface area contributed by atoms with Crippen LogP contribution in [-0.4, -0.2) is 43.6 Å². The first kappa shape index (κ1) is 22.8. The number of hydrogen-bond acceptors (Lipinski definition) is 3. The Kier molecular flexibility index (Phi) is 7.97. The van der Waals surface area contributed by atoms with Crippen molar-refractivity contribution in [2.45, 2.75) is 31.4 Å². The number of rotatable bonds is 5. The maximum Gasteiger partial charge on any atom is 0.573 e. The van der Waals surface area contributed by atoms with Crippen molar-refractivity contribution in [1.29, 1.82) is 0 Å². The number of nitrogens with zero attached hydrogens (tertiary/aromatic N) is 1. The van der Waals surface area contributed by atoms with Gasteiger partial charge in [0.25, 0.3) is 0 Å². The molecule has 3 nitrogen and oxygen atoms in total. The quantitative estimate of drug-likeness (QED) is 0.727. The van der Waals surface area contributed by atoms with Crippen molar-refractivity contribution in [2.24, 2.45) is 0 Å². The van der Waals surface area contributed by atoms with Crippen LogP contribution in [0.2, 0.25) is 0 Å². The lowest BCUT2D eigenvalue weighted by atomic mass is 9.99. The molecule has 1 N–H and O–H groups in total. The summed E-state index contributed by atoms with van der Waals surface area (Å²) in [6, 6.07) is 2.04. The number of halogens is 8. The molecular formula is C15H18ClF7N2O. The van der Waals surface area contributed by atoms with Crippen LogP contribution in [0.15, 0.2) is 18.2 Å². The molecule has 0 radical (unpaired) electrons. The average Bonchev–Trinajstić information content (AvgIpc) is 2.49. The number of piperazine rings is 1. The molecule has 0 saturated carbocycles. The van der Waals surface area contributed by atoms with E-state index in [0.717, 1.165) is 12.1 Å². The zero-order valence-electron chi connectivity index (χ0n) is 13.5. The molecule has 1 aliphatic heterocycles. The van der Waals surface area contributed by atoms with Crippen molar-refractivity contribution in [2.75, 3.05) is 26.2 Å². The molecule has 1 heterocycles. The van der Waals surface area contributed by atoms with Crippen LogP contribution >= 0.6 is 12.4 Å². The normalized spacial score (nSPS) is 17.5. The fourth-order valence-corrected chi connectivity index (χ4v) is 2.79. The Hall–Kier alpha value is -1.26. The molecule has 26 heavy (non-hydrogen) atoms. The van der Waals surface area contributed by atoms with E-state index in [1.807, 2.05) is 0 Å². The van der Waals surface area contributed by atoms with E-state index in [1.165, 1.54) is 6.07 Å². The highest BCUT2D eigenvalue weighted by Gasteiger charge is 2.34. The largest absolute Gasteiger partial charge is 0.573 e. The Morgan fingerprint density at radius 1 is 1.08 bits per heavy atom. The Labute approximate surface area is 151 Å². The maximum atomic E-state index is 13.9. The van der Waals surface area contributed by atoms with Crippen molar-refractivity contribution >= 4 is 12.4 Å². The Balaban J connectivity index is 0.00000338. The van der Waals surface area contributed by atoms with Crippen LogP contribution in [0.1, 0.15) is 24.4 Å². The van der Waals surface area contributed by atoms with Gasteiger partial charge in [-0.25, -0.2) is 4.39 Å². The van der Waals surface area contributed by atoms with Crippen molar-refractivity contribution in [3.8, 4) is 5.75 Å². The lowest BCUT2D eigenvalue weighted by Crippen LogP contribution is -2.45. The summed E-state index contributed by atoms with van der Waals surface area (Å²) in [7, 11) is 0. The predicted molar refractivity (Wildman–Crippen MR) is 82.8 cm³/mol. The molecule has 1 fully saturated rings. The minimum absolute atomic E-state index is 0. The van der Waals surface area contributed by atoms with Crippen LogP contribution in [0.4, 0.5) is 30.7 Å². The number of nitrogens with one attached hydrogen (secondary N) is 1. The fourth-order valence-electron chi connectivity index (χ4n) is 2.79. The minimum Gasteiger partial charge on any atom is -0.403 e. The number of benzene rings is 1. The minimum atomic E-state index is -5.05. The second kappa shape index (κ2) is 9.09. The van der Waals surface area contributed by atoms with Crippen LogP contribution in [0.25, 0.3) is 0 Å². The first-order valence-electron chi connectivity index (χ1n) is 7.62. The standard InChI is InChI=1S/C15H17F7N2O.ClH/c16-11-9-10(1-2-13(11)25-15(20,21)22)12(3-4-14(17,18)19)24-7-5-23-6-8-24;/h1-2,9,12,23H,3-8H2;1H/t12-;/m0./s1. The fraction of sp³-hybridized carbons (Fsp3) is 0.600. The molecule has 1 saturated heterocycles. The molecule has 11 heteroatoms. The molecule has 0 bridgehead atoms. The molecule has 0 aliphatic carbocycles. The number of hydrogen-bond donors (Lipinski definition) is 1. The van der Waals surface area contributed by atoms with E-state index >= 15 is 0 Å². The zero-order valence-corrected chi connectivity index (χ0v) is 14.3. The van der Waals surface area contributed by atoms with E-state index in [0.29, 0.717) is 26.2 Å². The lowest BCUT2D eigenvalue weighted by molar-refractivity contribution is -0.275. The topological polar surface area (TPSA) is 24.5 Å². The monoisotopic (exact) mass is 410 g/mol. The van der Waals surface area contributed by atoms with Crippen LogP contribution in [-0.2, 0) is 0 Å². The highest BCUT2D eigenvalue weighted by molar-refractivity contribution is 5.85. The summed E-state index contributed by atoms with van der Waals surface area (Å²) in [6.07, 6.45) is -10.8. The van der Waals surface area contributed by atoms with Gasteiger partial charge in [-0.15, -0.1) is 25.6 Å². The van der Waals surface area contributed by atoms with E-state index in [4.69, 9.17) is 0 Å². The Bertz CT molecular complexity index is 574. The van der Waals surface area contributed by atoms with Crippen LogP contribution < -0.4 is 10.1 Å². The Morgan fingerprint density at radius 2 is 1.69 bits per heavy atom. The first-order valence-corrected chi connectivity index (χ1v) is 7.62. The van der Waals surface area contributed by atoms with E-state index in [9.17, 15) is 30.7 Å². The second-order valence-corrected chi connectivity index (χ2v) is 5.69. The third-order valence-corrected chi connectivity index (χ3v) is 3.86. The lowest BCUT2D eigenvalue weighted by Gasteiger charge is -2.35. The van der Waals surface area contributed by atoms with E-state index in [2.05, 4.69) is 10.1 Å². The van der Waals surface area contributed by atoms with Gasteiger partial charge in [-0.05, 0) is 24.1 Å². The van der Waals surface area contributed by atoms with Crippen LogP contribution in [0, 0.1) is 5.82 Å². The predicted octanol–water partition coefficient (Wildman–Crippen LogP) is 4.43. The third kappa shape index (κ3) is 7.16. The summed E-state index contributed by atoms with van der Waals surface area (Å²) in [4.78, 5) is 1.77. The first-order chi connectivity index (χ1) is 11.6. The van der Waals surface area contributed by atoms with Gasteiger partial charge in [-0.2, -0.15) is 13.2 Å². The van der Waals surface area contributed by atoms with Crippen LogP contribution in [0.5, 0.6) is 5.75 Å². The summed E-state index contributed by atoms with van der Waals surface area (Å²) in [6.45, 7) is 2.07. The molecule has 0 unspecified atom stereocenters. The second-order valence-electron chi connectivity index (χ2n) is 5.69. The van der Waals surface area contributed by atoms with E-state index in [-0.39, 0.29) is 24.4 Å². The van der Waals surface area contributed by atoms with E-state index < -0.39 is 36.6 Å². The molecule has 2 rings (SSSR count). The van der Waals surface area contributed by atoms with Gasteiger partial charge < -0.3 is 10.1 Å². The Morgan fingerprint density at radius 3 is 2.19 bits per heavy atom. The van der Waals surface area contributed by atoms with E-state index in [1.54, 1.807) is 4.90 Å². The van der Waals surface area contributed by atoms with Gasteiger partial charge in [0.05, 0.1) is 0 Å². The number of ether oxygens (including phenoxy) is 1. The molecule has 1 aromatic rings. The van der Waals surface area contributed by atoms with Gasteiger partial charge in [0.1, 0.15) is 0 Å². The molecule has 0 spiro atoms. The molecule has 1 aromatic carbocycles. The zero-order chi connectivity index (χ0) is 18.7. The van der Waals surface area contributed by atoms with Gasteiger partial charge >= 0.3 is 12.5 Å². The van der Waals surface area contributed by atoms with Crippen molar-refractivity contribution < 1.29 is 35.5 Å². The molecule has 150 valence electrons. The molecule has 1 aliphatic rings. The average molecular weight is 411 g/mol. The van der Waals surface area contributed by atoms with Gasteiger partial charge in [0, 0.05) is 38.6 Å². The smallest absolute Gasteiger partial charge is 0.403 e. The van der Waals surface area contributed by atoms with Gasteiger partial charge in [-0.3, -0.25) is 4.90 Å². The summed E-state index contributed by atoms with van der Waals surface area (Å²) < 4.78 is 91.8. The SMILES string of the molecule is Cl.Fc1cc([C@H](CCC(F)(F)F)N2CCNCC2)ccc1OC(F)(F)F. The van der Waals surface area contributed by atoms with Crippen molar-refractivity contribution in [3.05, 3.63) is 29.6 Å². The molecule has 0 amide bonds. The van der Waals surface area contributed by atoms with Crippen LogP contribution in [0.3, 0.4) is 0 Å². The molecule has 0 aromatic heterocycles. The summed E-state index contributed by atoms with van der Waals surface area (Å²) in [5.41, 5.74) is 0.193. The maximum absolute atomic E-state index is 13.9. The van der Waals surface area contributed by atoms with Gasteiger partial charge in [0.2, 0.25) is 0 Å². The van der Waals surface area contributed by atoms with Crippen molar-refractivity contribution in [1.82, 2.24) is 10.2 Å². The highest BCUT2D eigenvalue weighted by Crippen LogP contribution is 2.34. The van der Waals surface area contributed by atoms with Gasteiger partial charge in [0.15, 0.2) is 11.6 Å². The van der Waals surface area contributed by atoms with Crippen molar-refractivity contribution in [3.63, 3.8) is 0 Å². The summed E-state index contributed by atoms with van der Waals surface area (Å²) in [5.74, 6) is -2.27. The summed E-state index contributed by atoms with van der Waals surface area (Å²) in [5, 5.41) is 3.06. The third-order valence-electron chi connectivity index (χ3n) is 3.86. The van der Waals surface area contributed by atoms with Gasteiger partial charge in [-0.1, -0.05) is 6.07 Å². The highest BCUT2D eigenvalue weighted by atomic mass is 35.5. The number of alkyl halides is 6.